The number of ether oxygens (including phenoxy) is 1. The van der Waals surface area contributed by atoms with E-state index in [0.717, 1.165) is 10.6 Å². The lowest BCUT2D eigenvalue weighted by Crippen LogP contribution is -2.15. The SMILES string of the molecule is Cn1cc(-c2nc(COC(=O)c3ccccc3NC(=O)c3cccs3)cs2)cn1. The van der Waals surface area contributed by atoms with Crippen molar-refractivity contribution in [1.29, 1.82) is 0 Å². The van der Waals surface area contributed by atoms with Crippen molar-refractivity contribution in [2.24, 2.45) is 7.05 Å². The molecule has 0 atom stereocenters. The molecule has 3 heterocycles. The maximum Gasteiger partial charge on any atom is 0.340 e. The van der Waals surface area contributed by atoms with Crippen LogP contribution in [0.5, 0.6) is 0 Å². The Hall–Kier alpha value is -3.30. The van der Waals surface area contributed by atoms with Gasteiger partial charge in [0, 0.05) is 24.2 Å². The number of nitrogens with zero attached hydrogens (tertiary/aromatic N) is 3. The highest BCUT2D eigenvalue weighted by Gasteiger charge is 2.16. The molecule has 0 fully saturated rings. The molecular formula is C20H16N4O3S2. The summed E-state index contributed by atoms with van der Waals surface area (Å²) in [5.74, 6) is -0.788. The molecule has 1 N–H and O–H groups in total. The molecule has 0 aliphatic rings. The molecule has 4 aromatic rings. The van der Waals surface area contributed by atoms with Crippen LogP contribution in [-0.2, 0) is 18.4 Å². The molecule has 0 unspecified atom stereocenters. The number of anilines is 1. The van der Waals surface area contributed by atoms with Crippen LogP contribution in [0.25, 0.3) is 10.6 Å². The van der Waals surface area contributed by atoms with E-state index >= 15 is 0 Å². The van der Waals surface area contributed by atoms with Gasteiger partial charge in [-0.05, 0) is 23.6 Å². The van der Waals surface area contributed by atoms with E-state index in [4.69, 9.17) is 4.74 Å². The lowest BCUT2D eigenvalue weighted by atomic mass is 10.1. The van der Waals surface area contributed by atoms with E-state index in [1.54, 1.807) is 47.3 Å². The van der Waals surface area contributed by atoms with E-state index in [-0.39, 0.29) is 12.5 Å². The summed E-state index contributed by atoms with van der Waals surface area (Å²) in [6.07, 6.45) is 3.61. The zero-order valence-electron chi connectivity index (χ0n) is 15.4. The molecule has 0 radical (unpaired) electrons. The number of carbonyl (C=O) groups is 2. The zero-order valence-corrected chi connectivity index (χ0v) is 17.0. The lowest BCUT2D eigenvalue weighted by Gasteiger charge is -2.10. The quantitative estimate of drug-likeness (QED) is 0.469. The summed E-state index contributed by atoms with van der Waals surface area (Å²) in [7, 11) is 1.84. The second-order valence-corrected chi connectivity index (χ2v) is 7.91. The normalized spacial score (nSPS) is 10.7. The van der Waals surface area contributed by atoms with Crippen LogP contribution in [-0.4, -0.2) is 26.6 Å². The average Bonchev–Trinajstić information content (AvgIpc) is 3.48. The van der Waals surface area contributed by atoms with Gasteiger partial charge in [-0.15, -0.1) is 22.7 Å². The molecule has 0 spiro atoms. The maximum atomic E-state index is 12.6. The Morgan fingerprint density at radius 3 is 2.79 bits per heavy atom. The molecule has 0 bridgehead atoms. The molecule has 3 aromatic heterocycles. The van der Waals surface area contributed by atoms with Gasteiger partial charge < -0.3 is 10.1 Å². The van der Waals surface area contributed by atoms with Gasteiger partial charge in [-0.3, -0.25) is 9.48 Å². The number of aryl methyl sites for hydroxylation is 1. The molecule has 29 heavy (non-hydrogen) atoms. The number of amides is 1. The van der Waals surface area contributed by atoms with Crippen molar-refractivity contribution < 1.29 is 14.3 Å². The molecule has 4 rings (SSSR count). The van der Waals surface area contributed by atoms with Gasteiger partial charge in [-0.1, -0.05) is 18.2 Å². The summed E-state index contributed by atoms with van der Waals surface area (Å²) < 4.78 is 7.12. The number of para-hydroxylation sites is 1. The summed E-state index contributed by atoms with van der Waals surface area (Å²) >= 11 is 2.79. The van der Waals surface area contributed by atoms with Crippen LogP contribution in [0.1, 0.15) is 25.7 Å². The molecule has 0 saturated heterocycles. The first-order valence-electron chi connectivity index (χ1n) is 8.64. The van der Waals surface area contributed by atoms with Gasteiger partial charge >= 0.3 is 5.97 Å². The van der Waals surface area contributed by atoms with Crippen LogP contribution in [0.4, 0.5) is 5.69 Å². The van der Waals surface area contributed by atoms with E-state index in [0.29, 0.717) is 21.8 Å². The van der Waals surface area contributed by atoms with Crippen molar-refractivity contribution in [3.05, 3.63) is 75.7 Å². The van der Waals surface area contributed by atoms with Gasteiger partial charge in [0.25, 0.3) is 5.91 Å². The molecule has 0 aliphatic heterocycles. The summed E-state index contributed by atoms with van der Waals surface area (Å²) in [5.41, 5.74) is 2.27. The van der Waals surface area contributed by atoms with Gasteiger partial charge in [-0.25, -0.2) is 9.78 Å². The fraction of sp³-hybridized carbons (Fsp3) is 0.100. The van der Waals surface area contributed by atoms with Crippen molar-refractivity contribution in [2.75, 3.05) is 5.32 Å². The lowest BCUT2D eigenvalue weighted by molar-refractivity contribution is 0.0469. The van der Waals surface area contributed by atoms with Crippen molar-refractivity contribution in [1.82, 2.24) is 14.8 Å². The monoisotopic (exact) mass is 424 g/mol. The summed E-state index contributed by atoms with van der Waals surface area (Å²) in [5, 5.41) is 11.4. The van der Waals surface area contributed by atoms with E-state index < -0.39 is 5.97 Å². The highest BCUT2D eigenvalue weighted by atomic mass is 32.1. The zero-order chi connectivity index (χ0) is 20.2. The Morgan fingerprint density at radius 2 is 2.03 bits per heavy atom. The summed E-state index contributed by atoms with van der Waals surface area (Å²) in [4.78, 5) is 29.9. The number of esters is 1. The molecular weight excluding hydrogens is 408 g/mol. The Balaban J connectivity index is 1.43. The highest BCUT2D eigenvalue weighted by Crippen LogP contribution is 2.24. The van der Waals surface area contributed by atoms with Gasteiger partial charge in [0.05, 0.1) is 28.0 Å². The van der Waals surface area contributed by atoms with Crippen LogP contribution in [0.3, 0.4) is 0 Å². The standard InChI is InChI=1S/C20H16N4O3S2/c1-24-10-13(9-21-24)19-22-14(12-29-19)11-27-20(26)15-5-2-3-6-16(15)23-18(25)17-7-4-8-28-17/h2-10,12H,11H2,1H3,(H,23,25). The van der Waals surface area contributed by atoms with Gasteiger partial charge in [0.2, 0.25) is 0 Å². The van der Waals surface area contributed by atoms with Gasteiger partial charge in [-0.2, -0.15) is 5.10 Å². The number of thiazole rings is 1. The number of thiophene rings is 1. The van der Waals surface area contributed by atoms with E-state index in [1.165, 1.54) is 22.7 Å². The molecule has 1 amide bonds. The third-order valence-corrected chi connectivity index (χ3v) is 5.80. The van der Waals surface area contributed by atoms with Crippen LogP contribution in [0.2, 0.25) is 0 Å². The van der Waals surface area contributed by atoms with Crippen molar-refractivity contribution in [3.8, 4) is 10.6 Å². The fourth-order valence-electron chi connectivity index (χ4n) is 2.62. The van der Waals surface area contributed by atoms with E-state index in [1.807, 2.05) is 24.0 Å². The van der Waals surface area contributed by atoms with Gasteiger partial charge in [0.15, 0.2) is 0 Å². The maximum absolute atomic E-state index is 12.6. The Kier molecular flexibility index (Phi) is 5.50. The minimum atomic E-state index is -0.525. The minimum absolute atomic E-state index is 0.0444. The Labute approximate surface area is 174 Å². The third-order valence-electron chi connectivity index (χ3n) is 3.99. The largest absolute Gasteiger partial charge is 0.455 e. The van der Waals surface area contributed by atoms with Crippen molar-refractivity contribution in [3.63, 3.8) is 0 Å². The predicted octanol–water partition coefficient (Wildman–Crippen LogP) is 4.21. The Morgan fingerprint density at radius 1 is 1.17 bits per heavy atom. The van der Waals surface area contributed by atoms with Crippen molar-refractivity contribution >= 4 is 40.2 Å². The van der Waals surface area contributed by atoms with E-state index in [2.05, 4.69) is 15.4 Å². The number of aromatic nitrogens is 3. The molecule has 1 aromatic carbocycles. The number of hydrogen-bond donors (Lipinski definition) is 1. The first kappa shape index (κ1) is 19.0. The molecule has 7 nitrogen and oxygen atoms in total. The number of hydrogen-bond acceptors (Lipinski definition) is 7. The fourth-order valence-corrected chi connectivity index (χ4v) is 4.02. The van der Waals surface area contributed by atoms with Crippen LogP contribution >= 0.6 is 22.7 Å². The molecule has 0 aliphatic carbocycles. The van der Waals surface area contributed by atoms with Gasteiger partial charge in [0.1, 0.15) is 11.6 Å². The smallest absolute Gasteiger partial charge is 0.340 e. The minimum Gasteiger partial charge on any atom is -0.455 e. The van der Waals surface area contributed by atoms with Crippen LogP contribution in [0, 0.1) is 0 Å². The second-order valence-electron chi connectivity index (χ2n) is 6.10. The molecule has 9 heteroatoms. The van der Waals surface area contributed by atoms with Crippen LogP contribution < -0.4 is 5.32 Å². The first-order chi connectivity index (χ1) is 14.1. The Bertz CT molecular complexity index is 1150. The number of carbonyl (C=O) groups excluding carboxylic acids is 2. The summed E-state index contributed by atoms with van der Waals surface area (Å²) in [6.45, 7) is 0.0444. The highest BCUT2D eigenvalue weighted by molar-refractivity contribution is 7.13. The third kappa shape index (κ3) is 4.41. The number of rotatable bonds is 6. The second kappa shape index (κ2) is 8.38. The topological polar surface area (TPSA) is 86.1 Å². The first-order valence-corrected chi connectivity index (χ1v) is 10.4. The predicted molar refractivity (Wildman–Crippen MR) is 112 cm³/mol. The molecule has 0 saturated carbocycles. The van der Waals surface area contributed by atoms with E-state index in [9.17, 15) is 9.59 Å². The van der Waals surface area contributed by atoms with Crippen LogP contribution in [0.15, 0.2) is 59.6 Å². The number of benzene rings is 1. The number of nitrogens with one attached hydrogen (secondary N) is 1. The molecule has 146 valence electrons. The average molecular weight is 425 g/mol. The van der Waals surface area contributed by atoms with Crippen molar-refractivity contribution in [2.45, 2.75) is 6.61 Å². The summed E-state index contributed by atoms with van der Waals surface area (Å²) in [6, 6.07) is 10.3.